The van der Waals surface area contributed by atoms with Crippen molar-refractivity contribution in [1.82, 2.24) is 9.29 Å². The number of H-pyrrole nitrogens is 1. The van der Waals surface area contributed by atoms with Crippen molar-refractivity contribution in [3.05, 3.63) is 51.9 Å². The molecule has 1 aromatic heterocycles. The summed E-state index contributed by atoms with van der Waals surface area (Å²) >= 11 is 0. The molecule has 2 aliphatic carbocycles. The first-order chi connectivity index (χ1) is 15.4. The second-order valence-electron chi connectivity index (χ2n) is 9.10. The van der Waals surface area contributed by atoms with E-state index in [4.69, 9.17) is 5.73 Å². The van der Waals surface area contributed by atoms with E-state index in [9.17, 15) is 13.2 Å². The van der Waals surface area contributed by atoms with E-state index >= 15 is 0 Å². The molecule has 0 spiro atoms. The minimum atomic E-state index is -3.44. The van der Waals surface area contributed by atoms with Gasteiger partial charge < -0.3 is 16.0 Å². The molecule has 9 heteroatoms. The molecule has 0 saturated heterocycles. The lowest BCUT2D eigenvalue weighted by molar-refractivity contribution is 0.408. The average molecular weight is 456 g/mol. The Labute approximate surface area is 188 Å². The normalized spacial score (nSPS) is 21.4. The first-order valence-corrected chi connectivity index (χ1v) is 12.8. The van der Waals surface area contributed by atoms with Crippen LogP contribution in [0.3, 0.4) is 0 Å². The molecule has 0 atom stereocenters. The third kappa shape index (κ3) is 4.19. The van der Waals surface area contributed by atoms with Crippen LogP contribution in [0.5, 0.6) is 0 Å². The maximum Gasteiger partial charge on any atom is 0.261 e. The molecule has 4 N–H and O–H groups in total. The summed E-state index contributed by atoms with van der Waals surface area (Å²) in [5, 5.41) is 3.47. The van der Waals surface area contributed by atoms with E-state index in [-0.39, 0.29) is 11.4 Å². The van der Waals surface area contributed by atoms with Crippen molar-refractivity contribution in [3.8, 4) is 0 Å². The van der Waals surface area contributed by atoms with Gasteiger partial charge in [-0.15, -0.1) is 0 Å². The first kappa shape index (κ1) is 21.2. The molecule has 5 rings (SSSR count). The van der Waals surface area contributed by atoms with Gasteiger partial charge in [0.1, 0.15) is 11.4 Å². The Morgan fingerprint density at radius 3 is 2.69 bits per heavy atom. The fourth-order valence-electron chi connectivity index (χ4n) is 4.69. The van der Waals surface area contributed by atoms with Gasteiger partial charge in [0.25, 0.3) is 5.56 Å². The summed E-state index contributed by atoms with van der Waals surface area (Å²) in [5.41, 5.74) is 8.26. The van der Waals surface area contributed by atoms with Gasteiger partial charge >= 0.3 is 0 Å². The molecular weight excluding hydrogens is 426 g/mol. The van der Waals surface area contributed by atoms with Crippen LogP contribution < -0.4 is 16.6 Å². The van der Waals surface area contributed by atoms with E-state index in [1.807, 2.05) is 6.07 Å². The average Bonchev–Trinajstić information content (AvgIpc) is 3.54. The maximum atomic E-state index is 12.8. The molecule has 0 bridgehead atoms. The minimum Gasteiger partial charge on any atom is -0.383 e. The Hall–Kier alpha value is -2.65. The summed E-state index contributed by atoms with van der Waals surface area (Å²) in [4.78, 5) is 20.1. The number of hydrogen-bond donors (Lipinski definition) is 3. The van der Waals surface area contributed by atoms with E-state index in [1.165, 1.54) is 19.3 Å². The molecule has 2 aromatic rings. The Morgan fingerprint density at radius 2 is 1.94 bits per heavy atom. The van der Waals surface area contributed by atoms with Crippen LogP contribution in [-0.4, -0.2) is 36.1 Å². The lowest BCUT2D eigenvalue weighted by Crippen LogP contribution is -2.29. The largest absolute Gasteiger partial charge is 0.383 e. The second-order valence-corrected chi connectivity index (χ2v) is 11.0. The van der Waals surface area contributed by atoms with Crippen molar-refractivity contribution < 1.29 is 8.42 Å². The molecule has 2 saturated carbocycles. The molecule has 1 aliphatic heterocycles. The molecule has 1 aromatic carbocycles. The van der Waals surface area contributed by atoms with Gasteiger partial charge in [-0.05, 0) is 61.4 Å². The van der Waals surface area contributed by atoms with E-state index in [0.717, 1.165) is 31.2 Å². The summed E-state index contributed by atoms with van der Waals surface area (Å²) in [6, 6.07) is 7.14. The summed E-state index contributed by atoms with van der Waals surface area (Å²) in [6.07, 6.45) is 9.54. The van der Waals surface area contributed by atoms with Crippen LogP contribution in [0.15, 0.2) is 45.1 Å². The molecule has 0 radical (unpaired) electrons. The van der Waals surface area contributed by atoms with E-state index in [2.05, 4.69) is 15.3 Å². The number of fused-ring (bicyclic) bond motifs is 1. The fraction of sp³-hybridized carbons (Fsp3) is 0.478. The highest BCUT2D eigenvalue weighted by Gasteiger charge is 2.38. The molecule has 8 nitrogen and oxygen atoms in total. The highest BCUT2D eigenvalue weighted by atomic mass is 32.2. The number of nitrogens with zero attached hydrogens (tertiary/aromatic N) is 2. The van der Waals surface area contributed by atoms with Gasteiger partial charge in [-0.1, -0.05) is 19.3 Å². The number of benzene rings is 1. The predicted molar refractivity (Wildman–Crippen MR) is 125 cm³/mol. The standard InChI is InChI=1S/C23H29N5O3S/c24-22(21-19(10-11-25-23(21)29)26-17-4-2-1-3-5-17)27-18-8-9-20-16(12-18)14-28(32(20,30)31)13-15-6-7-15/h8-12,15,17H,1-7,13-14H2,(H2,24,27)(H2,25,26,29). The van der Waals surface area contributed by atoms with Crippen LogP contribution in [0.1, 0.15) is 56.1 Å². The summed E-state index contributed by atoms with van der Waals surface area (Å²) in [6.45, 7) is 0.936. The van der Waals surface area contributed by atoms with Gasteiger partial charge in [0, 0.05) is 25.3 Å². The topological polar surface area (TPSA) is 121 Å². The van der Waals surface area contributed by atoms with Crippen molar-refractivity contribution >= 4 is 27.2 Å². The van der Waals surface area contributed by atoms with Gasteiger partial charge in [0.05, 0.1) is 16.3 Å². The zero-order valence-corrected chi connectivity index (χ0v) is 18.8. The smallest absolute Gasteiger partial charge is 0.261 e. The van der Waals surface area contributed by atoms with Gasteiger partial charge in [-0.25, -0.2) is 13.4 Å². The lowest BCUT2D eigenvalue weighted by atomic mass is 9.95. The molecule has 32 heavy (non-hydrogen) atoms. The third-order valence-electron chi connectivity index (χ3n) is 6.60. The minimum absolute atomic E-state index is 0.112. The highest BCUT2D eigenvalue weighted by molar-refractivity contribution is 7.89. The van der Waals surface area contributed by atoms with Gasteiger partial charge in [-0.3, -0.25) is 4.79 Å². The predicted octanol–water partition coefficient (Wildman–Crippen LogP) is 3.07. The third-order valence-corrected chi connectivity index (χ3v) is 8.51. The van der Waals surface area contributed by atoms with Crippen LogP contribution in [0.2, 0.25) is 0 Å². The van der Waals surface area contributed by atoms with Crippen molar-refractivity contribution in [2.75, 3.05) is 11.9 Å². The van der Waals surface area contributed by atoms with Crippen molar-refractivity contribution in [3.63, 3.8) is 0 Å². The van der Waals surface area contributed by atoms with E-state index in [0.29, 0.717) is 46.9 Å². The monoisotopic (exact) mass is 455 g/mol. The quantitative estimate of drug-likeness (QED) is 0.457. The number of rotatable bonds is 6. The van der Waals surface area contributed by atoms with E-state index in [1.54, 1.807) is 28.7 Å². The Bertz CT molecular complexity index is 1210. The number of aliphatic imine (C=N–C) groups is 1. The van der Waals surface area contributed by atoms with Crippen molar-refractivity contribution in [1.29, 1.82) is 0 Å². The molecular formula is C23H29N5O3S. The molecule has 2 heterocycles. The van der Waals surface area contributed by atoms with Crippen LogP contribution in [0.4, 0.5) is 11.4 Å². The van der Waals surface area contributed by atoms with Crippen LogP contribution in [0.25, 0.3) is 0 Å². The highest BCUT2D eigenvalue weighted by Crippen LogP contribution is 2.37. The van der Waals surface area contributed by atoms with Crippen LogP contribution >= 0.6 is 0 Å². The summed E-state index contributed by atoms with van der Waals surface area (Å²) in [7, 11) is -3.44. The second kappa shape index (κ2) is 8.37. The first-order valence-electron chi connectivity index (χ1n) is 11.4. The maximum absolute atomic E-state index is 12.8. The number of nitrogens with one attached hydrogen (secondary N) is 2. The zero-order chi connectivity index (χ0) is 22.3. The van der Waals surface area contributed by atoms with Gasteiger partial charge in [0.2, 0.25) is 10.0 Å². The lowest BCUT2D eigenvalue weighted by Gasteiger charge is -2.24. The number of anilines is 1. The van der Waals surface area contributed by atoms with Crippen molar-refractivity contribution in [2.24, 2.45) is 16.6 Å². The Kier molecular flexibility index (Phi) is 5.54. The number of aromatic amines is 1. The summed E-state index contributed by atoms with van der Waals surface area (Å²) in [5.74, 6) is 0.591. The molecule has 3 aliphatic rings. The summed E-state index contributed by atoms with van der Waals surface area (Å²) < 4.78 is 27.1. The number of nitrogens with two attached hydrogens (primary N) is 1. The van der Waals surface area contributed by atoms with E-state index < -0.39 is 10.0 Å². The number of aromatic nitrogens is 1. The fourth-order valence-corrected chi connectivity index (χ4v) is 6.38. The Morgan fingerprint density at radius 1 is 1.16 bits per heavy atom. The van der Waals surface area contributed by atoms with Gasteiger partial charge in [-0.2, -0.15) is 4.31 Å². The molecule has 0 unspecified atom stereocenters. The van der Waals surface area contributed by atoms with Gasteiger partial charge in [0.15, 0.2) is 0 Å². The van der Waals surface area contributed by atoms with Crippen LogP contribution in [0, 0.1) is 5.92 Å². The molecule has 170 valence electrons. The number of pyridine rings is 1. The Balaban J connectivity index is 1.42. The molecule has 0 amide bonds. The zero-order valence-electron chi connectivity index (χ0n) is 18.0. The SMILES string of the molecule is NC(=Nc1ccc2c(c1)CN(CC1CC1)S2(=O)=O)c1c(NC2CCCCC2)cc[nH]c1=O. The number of hydrogen-bond acceptors (Lipinski definition) is 5. The van der Waals surface area contributed by atoms with Crippen LogP contribution in [-0.2, 0) is 16.6 Å². The van der Waals surface area contributed by atoms with Crippen molar-refractivity contribution in [2.45, 2.75) is 62.4 Å². The number of sulfonamides is 1. The molecule has 2 fully saturated rings. The number of amidine groups is 1.